The quantitative estimate of drug-likeness (QED) is 0.630. The smallest absolute Gasteiger partial charge is 0.341 e. The van der Waals surface area contributed by atoms with Crippen molar-refractivity contribution in [1.29, 1.82) is 0 Å². The second-order valence-electron chi connectivity index (χ2n) is 8.76. The summed E-state index contributed by atoms with van der Waals surface area (Å²) in [5.41, 5.74) is 2.95. The van der Waals surface area contributed by atoms with Gasteiger partial charge in [0.05, 0.1) is 0 Å². The van der Waals surface area contributed by atoms with Crippen LogP contribution in [0.25, 0.3) is 0 Å². The largest absolute Gasteiger partial charge is 0.507 e. The van der Waals surface area contributed by atoms with Gasteiger partial charge in [0.2, 0.25) is 0 Å². The Morgan fingerprint density at radius 3 is 2.00 bits per heavy atom. The Labute approximate surface area is 161 Å². The highest BCUT2D eigenvalue weighted by molar-refractivity contribution is 5.69. The van der Waals surface area contributed by atoms with E-state index in [4.69, 9.17) is 9.84 Å². The molecule has 0 aromatic heterocycles. The lowest BCUT2D eigenvalue weighted by Gasteiger charge is -2.28. The van der Waals surface area contributed by atoms with Gasteiger partial charge in [0.25, 0.3) is 0 Å². The van der Waals surface area contributed by atoms with Crippen LogP contribution in [0.5, 0.6) is 11.5 Å². The van der Waals surface area contributed by atoms with Crippen LogP contribution in [-0.2, 0) is 15.6 Å². The third-order valence-electron chi connectivity index (χ3n) is 4.21. The van der Waals surface area contributed by atoms with Crippen LogP contribution in [0, 0.1) is 0 Å². The zero-order valence-electron chi connectivity index (χ0n) is 16.9. The predicted molar refractivity (Wildman–Crippen MR) is 108 cm³/mol. The number of phenols is 1. The van der Waals surface area contributed by atoms with E-state index in [0.717, 1.165) is 22.5 Å². The number of benzene rings is 2. The van der Waals surface area contributed by atoms with Crippen LogP contribution in [-0.4, -0.2) is 22.8 Å². The molecule has 0 bridgehead atoms. The summed E-state index contributed by atoms with van der Waals surface area (Å²) in [4.78, 5) is 10.7. The van der Waals surface area contributed by atoms with Gasteiger partial charge in [-0.25, -0.2) is 4.79 Å². The van der Waals surface area contributed by atoms with Crippen molar-refractivity contribution in [3.05, 3.63) is 47.5 Å². The number of aliphatic carboxylic acids is 1. The Morgan fingerprint density at radius 1 is 0.963 bits per heavy atom. The molecule has 0 atom stereocenters. The molecule has 0 aliphatic rings. The fourth-order valence-electron chi connectivity index (χ4n) is 2.83. The third kappa shape index (κ3) is 5.39. The minimum absolute atomic E-state index is 0.214. The Morgan fingerprint density at radius 2 is 1.52 bits per heavy atom. The van der Waals surface area contributed by atoms with Crippen molar-refractivity contribution in [2.75, 3.05) is 11.9 Å². The van der Waals surface area contributed by atoms with Crippen LogP contribution in [0.3, 0.4) is 0 Å². The van der Waals surface area contributed by atoms with Gasteiger partial charge in [-0.2, -0.15) is 0 Å². The van der Waals surface area contributed by atoms with Gasteiger partial charge in [-0.05, 0) is 35.1 Å². The number of aromatic hydroxyl groups is 1. The number of rotatable bonds is 5. The molecule has 146 valence electrons. The molecular formula is C22H29NO4. The van der Waals surface area contributed by atoms with Gasteiger partial charge in [-0.1, -0.05) is 47.6 Å². The normalized spacial score (nSPS) is 11.9. The topological polar surface area (TPSA) is 78.8 Å². The van der Waals surface area contributed by atoms with E-state index in [1.807, 2.05) is 18.2 Å². The number of phenolic OH excluding ortho intramolecular Hbond substituents is 1. The molecule has 0 spiro atoms. The van der Waals surface area contributed by atoms with E-state index < -0.39 is 5.97 Å². The molecule has 27 heavy (non-hydrogen) atoms. The highest BCUT2D eigenvalue weighted by Crippen LogP contribution is 2.41. The van der Waals surface area contributed by atoms with E-state index in [-0.39, 0.29) is 17.4 Å². The molecule has 0 unspecified atom stereocenters. The molecule has 2 aromatic rings. The summed E-state index contributed by atoms with van der Waals surface area (Å²) >= 11 is 0. The lowest BCUT2D eigenvalue weighted by Crippen LogP contribution is -2.17. The summed E-state index contributed by atoms with van der Waals surface area (Å²) in [7, 11) is 0. The Hall–Kier alpha value is -2.69. The summed E-state index contributed by atoms with van der Waals surface area (Å²) in [5.74, 6) is -0.205. The van der Waals surface area contributed by atoms with Gasteiger partial charge in [0, 0.05) is 28.6 Å². The number of carboxylic acid groups (broad SMARTS) is 1. The second kappa shape index (κ2) is 7.51. The van der Waals surface area contributed by atoms with Crippen LogP contribution in [0.2, 0.25) is 0 Å². The molecule has 0 saturated carbocycles. The molecule has 0 aliphatic carbocycles. The van der Waals surface area contributed by atoms with Crippen molar-refractivity contribution < 1.29 is 19.7 Å². The lowest BCUT2D eigenvalue weighted by atomic mass is 9.79. The molecule has 3 N–H and O–H groups in total. The maximum Gasteiger partial charge on any atom is 0.341 e. The Kier molecular flexibility index (Phi) is 5.73. The van der Waals surface area contributed by atoms with Crippen molar-refractivity contribution >= 4 is 17.3 Å². The fourth-order valence-corrected chi connectivity index (χ4v) is 2.83. The van der Waals surface area contributed by atoms with Crippen LogP contribution < -0.4 is 10.1 Å². The average molecular weight is 371 g/mol. The summed E-state index contributed by atoms with van der Waals surface area (Å²) in [6.45, 7) is 12.0. The number of carbonyl (C=O) groups is 1. The molecule has 2 aromatic carbocycles. The van der Waals surface area contributed by atoms with Crippen molar-refractivity contribution in [2.45, 2.75) is 52.4 Å². The molecule has 0 aliphatic heterocycles. The van der Waals surface area contributed by atoms with Gasteiger partial charge < -0.3 is 20.3 Å². The molecule has 2 rings (SSSR count). The van der Waals surface area contributed by atoms with Crippen molar-refractivity contribution in [1.82, 2.24) is 0 Å². The van der Waals surface area contributed by atoms with Crippen molar-refractivity contribution in [3.63, 3.8) is 0 Å². The van der Waals surface area contributed by atoms with E-state index in [9.17, 15) is 9.90 Å². The van der Waals surface area contributed by atoms with Crippen LogP contribution in [0.15, 0.2) is 36.4 Å². The molecular weight excluding hydrogens is 342 g/mol. The summed E-state index contributed by atoms with van der Waals surface area (Å²) in [6.07, 6.45) is 0. The average Bonchev–Trinajstić information content (AvgIpc) is 2.52. The first kappa shape index (κ1) is 20.6. The molecule has 0 heterocycles. The zero-order chi connectivity index (χ0) is 20.4. The molecule has 5 heteroatoms. The molecule has 0 fully saturated rings. The third-order valence-corrected chi connectivity index (χ3v) is 4.21. The Bertz CT molecular complexity index is 794. The van der Waals surface area contributed by atoms with Crippen LogP contribution in [0.4, 0.5) is 11.4 Å². The fraction of sp³-hybridized carbons (Fsp3) is 0.409. The van der Waals surface area contributed by atoms with E-state index in [2.05, 4.69) is 46.9 Å². The van der Waals surface area contributed by atoms with Crippen molar-refractivity contribution in [3.8, 4) is 11.5 Å². The molecule has 5 nitrogen and oxygen atoms in total. The minimum Gasteiger partial charge on any atom is -0.507 e. The molecule has 0 radical (unpaired) electrons. The maximum absolute atomic E-state index is 10.8. The number of hydrogen-bond donors (Lipinski definition) is 3. The Balaban J connectivity index is 2.41. The molecule has 0 saturated heterocycles. The van der Waals surface area contributed by atoms with Gasteiger partial charge in [0.15, 0.2) is 6.61 Å². The van der Waals surface area contributed by atoms with Crippen molar-refractivity contribution in [2.24, 2.45) is 0 Å². The number of nitrogens with one attached hydrogen (secondary N) is 1. The monoisotopic (exact) mass is 371 g/mol. The van der Waals surface area contributed by atoms with Gasteiger partial charge in [-0.3, -0.25) is 0 Å². The first-order chi connectivity index (χ1) is 12.4. The molecule has 0 amide bonds. The van der Waals surface area contributed by atoms with E-state index >= 15 is 0 Å². The summed E-state index contributed by atoms with van der Waals surface area (Å²) in [6, 6.07) is 11.1. The van der Waals surface area contributed by atoms with E-state index in [0.29, 0.717) is 11.5 Å². The lowest BCUT2D eigenvalue weighted by molar-refractivity contribution is -0.139. The highest BCUT2D eigenvalue weighted by Gasteiger charge is 2.26. The predicted octanol–water partition coefficient (Wildman–Crippen LogP) is 5.19. The SMILES string of the molecule is CC(C)(C)c1cc(Nc2cccc(OCC(=O)O)c2)cc(C(C)(C)C)c1O. The zero-order valence-corrected chi connectivity index (χ0v) is 16.9. The number of carboxylic acids is 1. The number of hydrogen-bond acceptors (Lipinski definition) is 4. The van der Waals surface area contributed by atoms with Crippen LogP contribution in [0.1, 0.15) is 52.7 Å². The highest BCUT2D eigenvalue weighted by atomic mass is 16.5. The summed E-state index contributed by atoms with van der Waals surface area (Å²) in [5, 5.41) is 22.9. The van der Waals surface area contributed by atoms with E-state index in [1.165, 1.54) is 0 Å². The number of anilines is 2. The first-order valence-corrected chi connectivity index (χ1v) is 8.97. The standard InChI is InChI=1S/C22H29NO4/c1-21(2,3)17-11-15(12-18(20(17)26)22(4,5)6)23-14-8-7-9-16(10-14)27-13-19(24)25/h7-12,23,26H,13H2,1-6H3,(H,24,25). The minimum atomic E-state index is -1.02. The second-order valence-corrected chi connectivity index (χ2v) is 8.76. The number of ether oxygens (including phenoxy) is 1. The van der Waals surface area contributed by atoms with E-state index in [1.54, 1.807) is 18.2 Å². The van der Waals surface area contributed by atoms with Crippen LogP contribution >= 0.6 is 0 Å². The van der Waals surface area contributed by atoms with Gasteiger partial charge >= 0.3 is 5.97 Å². The van der Waals surface area contributed by atoms with Gasteiger partial charge in [-0.15, -0.1) is 0 Å². The maximum atomic E-state index is 10.8. The van der Waals surface area contributed by atoms with Gasteiger partial charge in [0.1, 0.15) is 11.5 Å². The first-order valence-electron chi connectivity index (χ1n) is 8.97. The summed E-state index contributed by atoms with van der Waals surface area (Å²) < 4.78 is 5.24.